The molecule has 7 heterocycles. The Balaban J connectivity index is 1.31. The minimum atomic E-state index is -5.08. The molecule has 16 heteroatoms. The second-order valence-electron chi connectivity index (χ2n) is 13.7. The second kappa shape index (κ2) is 10.9. The largest absolute Gasteiger partial charge is 0.472 e. The maximum atomic E-state index is 16.8. The van der Waals surface area contributed by atoms with Gasteiger partial charge in [0.1, 0.15) is 40.9 Å². The van der Waals surface area contributed by atoms with E-state index in [0.29, 0.717) is 44.8 Å². The number of nitrogen functional groups attached to an aromatic ring is 1. The summed E-state index contributed by atoms with van der Waals surface area (Å²) >= 11 is 0. The summed E-state index contributed by atoms with van der Waals surface area (Å²) in [7, 11) is 0. The second-order valence-corrected chi connectivity index (χ2v) is 13.7. The molecule has 5 aliphatic heterocycles. The van der Waals surface area contributed by atoms with E-state index in [-0.39, 0.29) is 53.3 Å². The lowest BCUT2D eigenvalue weighted by Gasteiger charge is -2.42. The van der Waals surface area contributed by atoms with Gasteiger partial charge < -0.3 is 25.4 Å². The van der Waals surface area contributed by atoms with Gasteiger partial charge in [-0.15, -0.1) is 0 Å². The first-order valence-electron chi connectivity index (χ1n) is 16.2. The van der Waals surface area contributed by atoms with E-state index in [4.69, 9.17) is 20.2 Å². The van der Waals surface area contributed by atoms with Gasteiger partial charge in [-0.1, -0.05) is 0 Å². The molecular formula is C32H34F7N7O2. The van der Waals surface area contributed by atoms with Crippen molar-refractivity contribution in [3.63, 3.8) is 0 Å². The number of hydrogen-bond donors (Lipinski definition) is 2. The molecule has 0 radical (unpaired) electrons. The van der Waals surface area contributed by atoms with Gasteiger partial charge in [0.05, 0.1) is 28.9 Å². The molecule has 258 valence electrons. The third kappa shape index (κ3) is 4.68. The molecule has 6 atom stereocenters. The van der Waals surface area contributed by atoms with Gasteiger partial charge in [0.15, 0.2) is 5.82 Å². The fourth-order valence-corrected chi connectivity index (χ4v) is 8.91. The van der Waals surface area contributed by atoms with Crippen molar-refractivity contribution >= 4 is 22.4 Å². The maximum absolute atomic E-state index is 16.8. The van der Waals surface area contributed by atoms with Crippen molar-refractivity contribution < 1.29 is 40.2 Å². The number of alkyl halides is 5. The molecule has 48 heavy (non-hydrogen) atoms. The fraction of sp³-hybridized carbons (Fsp3) is 0.594. The zero-order valence-corrected chi connectivity index (χ0v) is 26.2. The molecule has 4 fully saturated rings. The first kappa shape index (κ1) is 31.6. The van der Waals surface area contributed by atoms with Crippen molar-refractivity contribution in [2.75, 3.05) is 30.3 Å². The molecule has 5 aliphatic rings. The Hall–Kier alpha value is -3.66. The van der Waals surface area contributed by atoms with E-state index >= 15 is 4.39 Å². The number of fused-ring (bicyclic) bond motifs is 6. The zero-order valence-electron chi connectivity index (χ0n) is 26.2. The van der Waals surface area contributed by atoms with Crippen molar-refractivity contribution in [1.29, 1.82) is 0 Å². The first-order chi connectivity index (χ1) is 22.8. The van der Waals surface area contributed by atoms with Crippen LogP contribution in [0.5, 0.6) is 11.9 Å². The molecule has 2 bridgehead atoms. The number of benzene rings is 1. The molecule has 0 spiro atoms. The molecular weight excluding hydrogens is 647 g/mol. The number of nitrogens with one attached hydrogen (secondary N) is 1. The summed E-state index contributed by atoms with van der Waals surface area (Å²) in [5.41, 5.74) is 0.343. The number of aromatic nitrogens is 3. The number of anilines is 2. The van der Waals surface area contributed by atoms with E-state index in [1.165, 1.54) is 0 Å². The van der Waals surface area contributed by atoms with Gasteiger partial charge in [-0.2, -0.15) is 23.1 Å². The summed E-state index contributed by atoms with van der Waals surface area (Å²) in [6, 6.07) is -0.617. The Bertz CT molecular complexity index is 1810. The lowest BCUT2D eigenvalue weighted by atomic mass is 9.95. The van der Waals surface area contributed by atoms with Crippen LogP contribution >= 0.6 is 0 Å². The number of halogens is 7. The van der Waals surface area contributed by atoms with Crippen LogP contribution in [0, 0.1) is 18.6 Å². The van der Waals surface area contributed by atoms with Crippen molar-refractivity contribution in [1.82, 2.24) is 25.2 Å². The lowest BCUT2D eigenvalue weighted by molar-refractivity contribution is -0.137. The van der Waals surface area contributed by atoms with E-state index in [9.17, 15) is 26.3 Å². The van der Waals surface area contributed by atoms with E-state index in [0.717, 1.165) is 19.8 Å². The monoisotopic (exact) mass is 681 g/mol. The first-order valence-corrected chi connectivity index (χ1v) is 16.2. The van der Waals surface area contributed by atoms with Gasteiger partial charge in [-0.05, 0) is 70.5 Å². The Morgan fingerprint density at radius 2 is 1.92 bits per heavy atom. The SMILES string of the molecule is Cc1c(F)c(N)cc(-c2nc3c4c(nc(OC[C@]56CCCN5[C@H](C(F)F)CC6)nc4c2F)N2C[C@H]4CC[C@H](N4)[C@H]2[C@H](C)O3)c1C(F)(F)F. The van der Waals surface area contributed by atoms with Crippen molar-refractivity contribution in [2.45, 2.75) is 101 Å². The van der Waals surface area contributed by atoms with Gasteiger partial charge in [-0.3, -0.25) is 4.90 Å². The predicted octanol–water partition coefficient (Wildman–Crippen LogP) is 5.61. The van der Waals surface area contributed by atoms with Crippen LogP contribution in [0.1, 0.15) is 56.6 Å². The van der Waals surface area contributed by atoms with Crippen LogP contribution in [0.15, 0.2) is 6.07 Å². The summed E-state index contributed by atoms with van der Waals surface area (Å²) in [6.45, 7) is 3.69. The Labute approximate surface area is 271 Å². The molecule has 0 amide bonds. The topological polar surface area (TPSA) is 102 Å². The maximum Gasteiger partial charge on any atom is 0.417 e. The summed E-state index contributed by atoms with van der Waals surface area (Å²) in [6.07, 6.45) is -4.29. The summed E-state index contributed by atoms with van der Waals surface area (Å²) < 4.78 is 115. The normalized spacial score (nSPS) is 29.7. The van der Waals surface area contributed by atoms with Crippen LogP contribution in [-0.4, -0.2) is 81.8 Å². The molecule has 0 aliphatic carbocycles. The van der Waals surface area contributed by atoms with E-state index < -0.39 is 70.0 Å². The third-order valence-corrected chi connectivity index (χ3v) is 11.0. The number of nitrogens with two attached hydrogens (primary N) is 1. The number of nitrogens with zero attached hydrogens (tertiary/aromatic N) is 5. The van der Waals surface area contributed by atoms with E-state index in [1.807, 2.05) is 4.90 Å². The Morgan fingerprint density at radius 3 is 2.67 bits per heavy atom. The van der Waals surface area contributed by atoms with Gasteiger partial charge in [-0.25, -0.2) is 22.5 Å². The summed E-state index contributed by atoms with van der Waals surface area (Å²) in [5.74, 6) is -2.40. The number of rotatable bonds is 5. The highest BCUT2D eigenvalue weighted by atomic mass is 19.4. The quantitative estimate of drug-likeness (QED) is 0.263. The molecule has 3 aromatic rings. The molecule has 2 aromatic heterocycles. The molecule has 1 aromatic carbocycles. The molecule has 8 rings (SSSR count). The highest BCUT2D eigenvalue weighted by molar-refractivity contribution is 5.97. The highest BCUT2D eigenvalue weighted by Crippen LogP contribution is 2.48. The third-order valence-electron chi connectivity index (χ3n) is 11.0. The average molecular weight is 682 g/mol. The van der Waals surface area contributed by atoms with E-state index in [1.54, 1.807) is 11.8 Å². The smallest absolute Gasteiger partial charge is 0.417 e. The standard InChI is InChI=1S/C32H34F7N7O2/c1-13-21(32(37,38)39)16(10-17(40)22(13)33)24-23(34)25-20-28(45-11-15-4-5-18(41-15)26(45)14(2)48-29(20)42-24)44-30(43-25)47-12-31-7-3-9-46(31)19(6-8-31)27(35)36/h10,14-15,18-19,26-27,41H,3-9,11-12,40H2,1-2H3/t14-,15+,18-,19-,26+,31+/m0/s1. The minimum absolute atomic E-state index is 0.0150. The summed E-state index contributed by atoms with van der Waals surface area (Å²) in [4.78, 5) is 17.2. The van der Waals surface area contributed by atoms with Crippen LogP contribution in [0.2, 0.25) is 0 Å². The van der Waals surface area contributed by atoms with Crippen LogP contribution in [0.3, 0.4) is 0 Å². The average Bonchev–Trinajstić information content (AvgIpc) is 3.69. The van der Waals surface area contributed by atoms with Gasteiger partial charge in [0.25, 0.3) is 6.43 Å². The highest BCUT2D eigenvalue weighted by Gasteiger charge is 2.53. The molecule has 3 N–H and O–H groups in total. The van der Waals surface area contributed by atoms with Crippen LogP contribution < -0.4 is 25.4 Å². The minimum Gasteiger partial charge on any atom is -0.472 e. The van der Waals surface area contributed by atoms with Crippen LogP contribution in [0.4, 0.5) is 42.2 Å². The molecule has 0 saturated carbocycles. The van der Waals surface area contributed by atoms with Crippen molar-refractivity contribution in [3.05, 3.63) is 28.8 Å². The summed E-state index contributed by atoms with van der Waals surface area (Å²) in [5, 5.41) is 3.65. The van der Waals surface area contributed by atoms with Crippen molar-refractivity contribution in [2.24, 2.45) is 0 Å². The van der Waals surface area contributed by atoms with Gasteiger partial charge >= 0.3 is 12.2 Å². The van der Waals surface area contributed by atoms with Gasteiger partial charge in [0.2, 0.25) is 5.88 Å². The Kier molecular flexibility index (Phi) is 7.19. The fourth-order valence-electron chi connectivity index (χ4n) is 8.91. The number of ether oxygens (including phenoxy) is 2. The zero-order chi connectivity index (χ0) is 33.9. The van der Waals surface area contributed by atoms with Crippen molar-refractivity contribution in [3.8, 4) is 23.1 Å². The molecule has 4 saturated heterocycles. The molecule has 9 nitrogen and oxygen atoms in total. The number of piperazine rings is 1. The predicted molar refractivity (Wildman–Crippen MR) is 161 cm³/mol. The number of hydrogen-bond acceptors (Lipinski definition) is 9. The van der Waals surface area contributed by atoms with E-state index in [2.05, 4.69) is 15.3 Å². The number of pyridine rings is 1. The lowest BCUT2D eigenvalue weighted by Crippen LogP contribution is -2.62. The van der Waals surface area contributed by atoms with Crippen LogP contribution in [0.25, 0.3) is 22.2 Å². The van der Waals surface area contributed by atoms with Crippen LogP contribution in [-0.2, 0) is 6.18 Å². The van der Waals surface area contributed by atoms with Gasteiger partial charge in [0, 0.05) is 24.2 Å². The Morgan fingerprint density at radius 1 is 1.12 bits per heavy atom. The molecule has 0 unspecified atom stereocenters.